The van der Waals surface area contributed by atoms with Crippen molar-refractivity contribution in [3.05, 3.63) is 35.5 Å². The maximum absolute atomic E-state index is 11.6. The molecule has 2 heterocycles. The van der Waals surface area contributed by atoms with Crippen molar-refractivity contribution in [2.75, 3.05) is 5.73 Å². The number of nitrogens with zero attached hydrogens (tertiary/aromatic N) is 1. The monoisotopic (exact) mass is 220 g/mol. The van der Waals surface area contributed by atoms with Gasteiger partial charge in [0.25, 0.3) is 5.91 Å². The topological polar surface area (TPSA) is 96.9 Å². The van der Waals surface area contributed by atoms with E-state index in [-0.39, 0.29) is 11.6 Å². The maximum atomic E-state index is 11.6. The highest BCUT2D eigenvalue weighted by molar-refractivity contribution is 5.96. The molecule has 2 aromatic heterocycles. The average molecular weight is 220 g/mol. The first-order valence-electron chi connectivity index (χ1n) is 4.79. The number of hydrogen-bond acceptors (Lipinski definition) is 4. The van der Waals surface area contributed by atoms with Crippen LogP contribution in [0.4, 0.5) is 5.69 Å². The Morgan fingerprint density at radius 3 is 3.00 bits per heavy atom. The lowest BCUT2D eigenvalue weighted by Gasteiger charge is -2.01. The second-order valence-corrected chi connectivity index (χ2v) is 3.40. The first-order chi connectivity index (χ1) is 7.66. The van der Waals surface area contributed by atoms with Gasteiger partial charge in [-0.3, -0.25) is 9.89 Å². The zero-order valence-corrected chi connectivity index (χ0v) is 8.78. The molecule has 0 unspecified atom stereocenters. The van der Waals surface area contributed by atoms with E-state index in [2.05, 4.69) is 15.5 Å². The molecule has 0 aliphatic carbocycles. The molecule has 6 heteroatoms. The van der Waals surface area contributed by atoms with Crippen LogP contribution in [0, 0.1) is 6.92 Å². The Hall–Kier alpha value is -2.24. The number of nitrogen functional groups attached to an aromatic ring is 1. The van der Waals surface area contributed by atoms with Gasteiger partial charge in [0.2, 0.25) is 0 Å². The molecule has 0 saturated carbocycles. The fraction of sp³-hybridized carbons (Fsp3) is 0.200. The molecule has 16 heavy (non-hydrogen) atoms. The summed E-state index contributed by atoms with van der Waals surface area (Å²) in [6.45, 7) is 2.17. The number of carbonyl (C=O) groups excluding carboxylic acids is 1. The van der Waals surface area contributed by atoms with Crippen molar-refractivity contribution in [1.82, 2.24) is 15.5 Å². The first kappa shape index (κ1) is 10.3. The largest absolute Gasteiger partial charge is 0.465 e. The quantitative estimate of drug-likeness (QED) is 0.713. The third-order valence-corrected chi connectivity index (χ3v) is 2.11. The van der Waals surface area contributed by atoms with Gasteiger partial charge in [-0.1, -0.05) is 0 Å². The number of rotatable bonds is 3. The Bertz CT molecular complexity index is 500. The molecule has 0 saturated heterocycles. The van der Waals surface area contributed by atoms with Crippen LogP contribution in [-0.2, 0) is 6.54 Å². The number of furan rings is 1. The number of amides is 1. The number of aromatic nitrogens is 2. The summed E-state index contributed by atoms with van der Waals surface area (Å²) in [6.07, 6.45) is 1.39. The summed E-state index contributed by atoms with van der Waals surface area (Å²) in [6, 6.07) is 3.65. The molecule has 0 aromatic carbocycles. The van der Waals surface area contributed by atoms with Gasteiger partial charge in [-0.05, 0) is 19.1 Å². The molecule has 0 fully saturated rings. The van der Waals surface area contributed by atoms with Crippen LogP contribution in [0.15, 0.2) is 22.7 Å². The fourth-order valence-corrected chi connectivity index (χ4v) is 1.31. The summed E-state index contributed by atoms with van der Waals surface area (Å²) in [5.41, 5.74) is 6.13. The molecular weight excluding hydrogens is 208 g/mol. The normalized spacial score (nSPS) is 10.3. The Labute approximate surface area is 91.8 Å². The molecule has 84 valence electrons. The van der Waals surface area contributed by atoms with Crippen molar-refractivity contribution < 1.29 is 9.21 Å². The summed E-state index contributed by atoms with van der Waals surface area (Å²) in [5.74, 6) is 1.21. The molecule has 0 radical (unpaired) electrons. The van der Waals surface area contributed by atoms with Crippen molar-refractivity contribution in [1.29, 1.82) is 0 Å². The van der Waals surface area contributed by atoms with E-state index in [0.717, 1.165) is 5.76 Å². The van der Waals surface area contributed by atoms with Crippen LogP contribution >= 0.6 is 0 Å². The Kier molecular flexibility index (Phi) is 2.63. The fourth-order valence-electron chi connectivity index (χ4n) is 1.31. The third-order valence-electron chi connectivity index (χ3n) is 2.11. The standard InChI is InChI=1S/C10H12N4O2/c1-6-2-3-7(16-6)4-12-10(15)9-8(11)5-13-14-9/h2-3,5H,4,11H2,1H3,(H,12,15)(H,13,14). The number of aromatic amines is 1. The number of H-pyrrole nitrogens is 1. The van der Waals surface area contributed by atoms with Gasteiger partial charge >= 0.3 is 0 Å². The van der Waals surface area contributed by atoms with Crippen LogP contribution in [0.1, 0.15) is 22.0 Å². The van der Waals surface area contributed by atoms with Crippen LogP contribution < -0.4 is 11.1 Å². The number of aryl methyl sites for hydroxylation is 1. The van der Waals surface area contributed by atoms with Crippen molar-refractivity contribution in [2.24, 2.45) is 0 Å². The predicted octanol–water partition coefficient (Wildman–Crippen LogP) is 0.823. The molecule has 2 aromatic rings. The van der Waals surface area contributed by atoms with Crippen molar-refractivity contribution >= 4 is 11.6 Å². The van der Waals surface area contributed by atoms with E-state index in [9.17, 15) is 4.79 Å². The number of nitrogens with one attached hydrogen (secondary N) is 2. The van der Waals surface area contributed by atoms with E-state index < -0.39 is 0 Å². The van der Waals surface area contributed by atoms with Crippen LogP contribution in [0.5, 0.6) is 0 Å². The molecule has 4 N–H and O–H groups in total. The van der Waals surface area contributed by atoms with E-state index in [0.29, 0.717) is 18.0 Å². The minimum absolute atomic E-state index is 0.267. The zero-order valence-electron chi connectivity index (χ0n) is 8.78. The zero-order chi connectivity index (χ0) is 11.5. The Morgan fingerprint density at radius 2 is 2.44 bits per heavy atom. The molecule has 0 bridgehead atoms. The molecule has 6 nitrogen and oxygen atoms in total. The minimum atomic E-state index is -0.302. The smallest absolute Gasteiger partial charge is 0.271 e. The number of anilines is 1. The Balaban J connectivity index is 1.96. The molecule has 0 atom stereocenters. The highest BCUT2D eigenvalue weighted by atomic mass is 16.3. The molecular formula is C10H12N4O2. The van der Waals surface area contributed by atoms with Gasteiger partial charge in [-0.25, -0.2) is 0 Å². The summed E-state index contributed by atoms with van der Waals surface area (Å²) in [4.78, 5) is 11.6. The first-order valence-corrected chi connectivity index (χ1v) is 4.79. The van der Waals surface area contributed by atoms with Crippen LogP contribution in [0.2, 0.25) is 0 Å². The van der Waals surface area contributed by atoms with Gasteiger partial charge in [-0.2, -0.15) is 5.10 Å². The van der Waals surface area contributed by atoms with Gasteiger partial charge in [0.1, 0.15) is 17.2 Å². The van der Waals surface area contributed by atoms with Gasteiger partial charge in [0.05, 0.1) is 18.4 Å². The van der Waals surface area contributed by atoms with E-state index in [1.165, 1.54) is 6.20 Å². The van der Waals surface area contributed by atoms with Crippen LogP contribution in [0.3, 0.4) is 0 Å². The van der Waals surface area contributed by atoms with Crippen LogP contribution in [0.25, 0.3) is 0 Å². The van der Waals surface area contributed by atoms with Gasteiger partial charge in [-0.15, -0.1) is 0 Å². The van der Waals surface area contributed by atoms with Crippen molar-refractivity contribution in [2.45, 2.75) is 13.5 Å². The lowest BCUT2D eigenvalue weighted by atomic mass is 10.3. The van der Waals surface area contributed by atoms with E-state index in [1.807, 2.05) is 19.1 Å². The van der Waals surface area contributed by atoms with Gasteiger partial charge in [0.15, 0.2) is 0 Å². The number of nitrogens with two attached hydrogens (primary N) is 1. The summed E-state index contributed by atoms with van der Waals surface area (Å²) in [7, 11) is 0. The number of carbonyl (C=O) groups is 1. The second kappa shape index (κ2) is 4.09. The van der Waals surface area contributed by atoms with Crippen molar-refractivity contribution in [3.8, 4) is 0 Å². The third kappa shape index (κ3) is 2.05. The highest BCUT2D eigenvalue weighted by Gasteiger charge is 2.11. The molecule has 0 aliphatic rings. The number of hydrogen-bond donors (Lipinski definition) is 3. The van der Waals surface area contributed by atoms with E-state index in [4.69, 9.17) is 10.2 Å². The van der Waals surface area contributed by atoms with Crippen molar-refractivity contribution in [3.63, 3.8) is 0 Å². The summed E-state index contributed by atoms with van der Waals surface area (Å²) >= 11 is 0. The second-order valence-electron chi connectivity index (χ2n) is 3.40. The highest BCUT2D eigenvalue weighted by Crippen LogP contribution is 2.08. The maximum Gasteiger partial charge on any atom is 0.271 e. The molecule has 0 aliphatic heterocycles. The van der Waals surface area contributed by atoms with Crippen LogP contribution in [-0.4, -0.2) is 16.1 Å². The summed E-state index contributed by atoms with van der Waals surface area (Å²) < 4.78 is 5.31. The minimum Gasteiger partial charge on any atom is -0.465 e. The van der Waals surface area contributed by atoms with E-state index in [1.54, 1.807) is 0 Å². The lowest BCUT2D eigenvalue weighted by Crippen LogP contribution is -2.23. The average Bonchev–Trinajstić information content (AvgIpc) is 2.84. The SMILES string of the molecule is Cc1ccc(CNC(=O)c2[nH]ncc2N)o1. The molecule has 0 spiro atoms. The molecule has 2 rings (SSSR count). The Morgan fingerprint density at radius 1 is 1.62 bits per heavy atom. The van der Waals surface area contributed by atoms with E-state index >= 15 is 0 Å². The predicted molar refractivity (Wildman–Crippen MR) is 57.6 cm³/mol. The van der Waals surface area contributed by atoms with Gasteiger partial charge < -0.3 is 15.5 Å². The lowest BCUT2D eigenvalue weighted by molar-refractivity contribution is 0.0943. The summed E-state index contributed by atoms with van der Waals surface area (Å²) in [5, 5.41) is 8.87. The van der Waals surface area contributed by atoms with Gasteiger partial charge in [0, 0.05) is 0 Å². The molecule has 1 amide bonds.